The monoisotopic (exact) mass is 520 g/mol. The zero-order valence-corrected chi connectivity index (χ0v) is 21.8. The minimum atomic E-state index is -1.27. The second kappa shape index (κ2) is 9.83. The van der Waals surface area contributed by atoms with Crippen molar-refractivity contribution in [1.29, 1.82) is 0 Å². The Labute approximate surface area is 219 Å². The number of aliphatic carboxylic acids is 1. The van der Waals surface area contributed by atoms with Crippen molar-refractivity contribution in [2.75, 3.05) is 6.61 Å². The molecule has 4 aromatic rings. The van der Waals surface area contributed by atoms with Gasteiger partial charge in [0.2, 0.25) is 0 Å². The van der Waals surface area contributed by atoms with Gasteiger partial charge in [0.25, 0.3) is 0 Å². The van der Waals surface area contributed by atoms with Crippen molar-refractivity contribution in [2.24, 2.45) is 0 Å². The molecule has 8 heteroatoms. The molecule has 2 aromatic heterocycles. The minimum Gasteiger partial charge on any atom is -0.493 e. The zero-order chi connectivity index (χ0) is 27.2. The lowest BCUT2D eigenvalue weighted by Crippen LogP contribution is -2.28. The number of fused-ring (bicyclic) bond motifs is 2. The predicted octanol–water partition coefficient (Wildman–Crippen LogP) is 6.60. The molecule has 5 rings (SSSR count). The number of aromatic nitrogens is 2. The Morgan fingerprint density at radius 1 is 1.18 bits per heavy atom. The summed E-state index contributed by atoms with van der Waals surface area (Å²) in [4.78, 5) is 17.3. The number of hydrogen-bond acceptors (Lipinski definition) is 4. The van der Waals surface area contributed by atoms with E-state index in [1.54, 1.807) is 17.7 Å². The van der Waals surface area contributed by atoms with Gasteiger partial charge in [-0.3, -0.25) is 0 Å². The van der Waals surface area contributed by atoms with Crippen molar-refractivity contribution in [3.63, 3.8) is 0 Å². The number of benzene rings is 2. The number of pyridine rings is 1. The summed E-state index contributed by atoms with van der Waals surface area (Å²) in [5, 5.41) is 10.9. The Morgan fingerprint density at radius 3 is 2.71 bits per heavy atom. The Balaban J connectivity index is 1.75. The molecule has 0 bridgehead atoms. The fourth-order valence-electron chi connectivity index (χ4n) is 5.04. The van der Waals surface area contributed by atoms with Gasteiger partial charge < -0.3 is 19.1 Å². The first-order valence-electron chi connectivity index (χ1n) is 12.6. The van der Waals surface area contributed by atoms with Gasteiger partial charge in [0.1, 0.15) is 23.0 Å². The second-order valence-corrected chi connectivity index (χ2v) is 10.6. The largest absolute Gasteiger partial charge is 0.493 e. The topological polar surface area (TPSA) is 73.6 Å². The Kier molecular flexibility index (Phi) is 6.69. The van der Waals surface area contributed by atoms with Crippen LogP contribution in [-0.2, 0) is 22.5 Å². The van der Waals surface area contributed by atoms with Crippen molar-refractivity contribution >= 4 is 17.0 Å². The van der Waals surface area contributed by atoms with Gasteiger partial charge in [0.15, 0.2) is 6.10 Å². The summed E-state index contributed by atoms with van der Waals surface area (Å²) in [6, 6.07) is 11.1. The van der Waals surface area contributed by atoms with Gasteiger partial charge in [-0.05, 0) is 88.1 Å². The molecule has 2 aromatic carbocycles. The van der Waals surface area contributed by atoms with Crippen LogP contribution in [0.4, 0.5) is 8.78 Å². The lowest BCUT2D eigenvalue weighted by Gasteiger charge is -2.28. The number of halogens is 2. The standard InChI is InChI=1S/C30H30F2N2O4/c1-17-25(27(29(35)36)38-30(2,3)4)26(19-7-10-24-18(14-19)6-5-13-37-24)22-11-12-34(28(22)33-17)16-20-15-21(31)8-9-23(20)32/h7-12,14-15,27H,5-6,13,16H2,1-4H3,(H,35,36)/t27-/m0/s1. The lowest BCUT2D eigenvalue weighted by atomic mass is 9.90. The highest BCUT2D eigenvalue weighted by Gasteiger charge is 2.33. The summed E-state index contributed by atoms with van der Waals surface area (Å²) >= 11 is 0. The normalized spacial score (nSPS) is 14.3. The van der Waals surface area contributed by atoms with Gasteiger partial charge >= 0.3 is 5.97 Å². The van der Waals surface area contributed by atoms with Gasteiger partial charge in [0, 0.05) is 34.0 Å². The molecule has 198 valence electrons. The lowest BCUT2D eigenvalue weighted by molar-refractivity contribution is -0.160. The Hall–Kier alpha value is -3.78. The second-order valence-electron chi connectivity index (χ2n) is 10.6. The molecule has 0 spiro atoms. The maximum atomic E-state index is 14.5. The quantitative estimate of drug-likeness (QED) is 0.310. The van der Waals surface area contributed by atoms with Crippen LogP contribution in [0.1, 0.15) is 55.7 Å². The highest BCUT2D eigenvalue weighted by atomic mass is 19.1. The Bertz CT molecular complexity index is 1540. The summed E-state index contributed by atoms with van der Waals surface area (Å²) in [5.41, 5.74) is 3.51. The average molecular weight is 521 g/mol. The molecule has 1 aliphatic rings. The number of carboxylic acid groups (broad SMARTS) is 1. The molecular formula is C30H30F2N2O4. The first-order valence-corrected chi connectivity index (χ1v) is 12.6. The first-order chi connectivity index (χ1) is 18.0. The number of hydrogen-bond donors (Lipinski definition) is 1. The van der Waals surface area contributed by atoms with E-state index in [9.17, 15) is 18.7 Å². The minimum absolute atomic E-state index is 0.0667. The van der Waals surface area contributed by atoms with Crippen molar-refractivity contribution in [2.45, 2.75) is 58.8 Å². The number of rotatable bonds is 6. The number of ether oxygens (including phenoxy) is 2. The third-order valence-electron chi connectivity index (χ3n) is 6.64. The summed E-state index contributed by atoms with van der Waals surface area (Å²) in [6.45, 7) is 7.91. The van der Waals surface area contributed by atoms with Crippen molar-refractivity contribution < 1.29 is 28.2 Å². The predicted molar refractivity (Wildman–Crippen MR) is 140 cm³/mol. The van der Waals surface area contributed by atoms with Crippen LogP contribution in [-0.4, -0.2) is 32.8 Å². The molecule has 1 N–H and O–H groups in total. The van der Waals surface area contributed by atoms with Crippen molar-refractivity contribution in [3.8, 4) is 16.9 Å². The van der Waals surface area contributed by atoms with E-state index in [0.29, 0.717) is 34.5 Å². The molecule has 0 aliphatic carbocycles. The molecule has 1 aliphatic heterocycles. The van der Waals surface area contributed by atoms with Crippen molar-refractivity contribution in [3.05, 3.63) is 82.7 Å². The molecule has 0 unspecified atom stereocenters. The van der Waals surface area contributed by atoms with Gasteiger partial charge in [-0.15, -0.1) is 0 Å². The molecular weight excluding hydrogens is 490 g/mol. The van der Waals surface area contributed by atoms with E-state index in [4.69, 9.17) is 14.5 Å². The highest BCUT2D eigenvalue weighted by Crippen LogP contribution is 2.41. The Morgan fingerprint density at radius 2 is 1.97 bits per heavy atom. The molecule has 38 heavy (non-hydrogen) atoms. The third-order valence-corrected chi connectivity index (χ3v) is 6.64. The average Bonchev–Trinajstić information content (AvgIpc) is 3.25. The maximum absolute atomic E-state index is 14.5. The van der Waals surface area contributed by atoms with Gasteiger partial charge in [-0.1, -0.05) is 6.07 Å². The molecule has 0 amide bonds. The van der Waals surface area contributed by atoms with Gasteiger partial charge in [-0.2, -0.15) is 0 Å². The first kappa shape index (κ1) is 25.9. The van der Waals surface area contributed by atoms with Crippen LogP contribution < -0.4 is 4.74 Å². The molecule has 0 fully saturated rings. The fraction of sp³-hybridized carbons (Fsp3) is 0.333. The molecule has 0 radical (unpaired) electrons. The van der Waals surface area contributed by atoms with E-state index in [-0.39, 0.29) is 12.1 Å². The van der Waals surface area contributed by atoms with E-state index in [1.165, 1.54) is 6.07 Å². The van der Waals surface area contributed by atoms with E-state index >= 15 is 0 Å². The zero-order valence-electron chi connectivity index (χ0n) is 21.8. The van der Waals surface area contributed by atoms with Crippen molar-refractivity contribution in [1.82, 2.24) is 9.55 Å². The molecule has 6 nitrogen and oxygen atoms in total. The van der Waals surface area contributed by atoms with Gasteiger partial charge in [-0.25, -0.2) is 18.6 Å². The summed E-state index contributed by atoms with van der Waals surface area (Å²) in [7, 11) is 0. The fourth-order valence-corrected chi connectivity index (χ4v) is 5.04. The number of carbonyl (C=O) groups is 1. The van der Waals surface area contributed by atoms with E-state index < -0.39 is 29.3 Å². The molecule has 0 saturated carbocycles. The van der Waals surface area contributed by atoms with E-state index in [2.05, 4.69) is 0 Å². The van der Waals surface area contributed by atoms with Crippen LogP contribution in [0.3, 0.4) is 0 Å². The number of nitrogens with zero attached hydrogens (tertiary/aromatic N) is 2. The summed E-state index contributed by atoms with van der Waals surface area (Å²) in [5.74, 6) is -1.33. The van der Waals surface area contributed by atoms with Crippen LogP contribution in [0.5, 0.6) is 5.75 Å². The third kappa shape index (κ3) is 5.00. The van der Waals surface area contributed by atoms with Crippen LogP contribution in [0.2, 0.25) is 0 Å². The molecule has 0 saturated heterocycles. The molecule has 1 atom stereocenters. The summed E-state index contributed by atoms with van der Waals surface area (Å²) < 4.78 is 41.9. The number of carboxylic acids is 1. The van der Waals surface area contributed by atoms with Crippen LogP contribution in [0, 0.1) is 18.6 Å². The summed E-state index contributed by atoms with van der Waals surface area (Å²) in [6.07, 6.45) is 2.25. The van der Waals surface area contributed by atoms with Crippen LogP contribution >= 0.6 is 0 Å². The van der Waals surface area contributed by atoms with E-state index in [1.807, 2.05) is 45.0 Å². The smallest absolute Gasteiger partial charge is 0.337 e. The van der Waals surface area contributed by atoms with Crippen LogP contribution in [0.15, 0.2) is 48.7 Å². The van der Waals surface area contributed by atoms with Crippen LogP contribution in [0.25, 0.3) is 22.2 Å². The number of aryl methyl sites for hydroxylation is 2. The SMILES string of the molecule is Cc1nc2c(ccn2Cc2cc(F)ccc2F)c(-c2ccc3c(c2)CCCO3)c1[C@H](OC(C)(C)C)C(=O)O. The van der Waals surface area contributed by atoms with Gasteiger partial charge in [0.05, 0.1) is 18.8 Å². The van der Waals surface area contributed by atoms with E-state index in [0.717, 1.165) is 41.9 Å². The molecule has 3 heterocycles. The highest BCUT2D eigenvalue weighted by molar-refractivity contribution is 5.98. The maximum Gasteiger partial charge on any atom is 0.337 e.